The minimum atomic E-state index is -0.481. The Kier molecular flexibility index (Phi) is 3.00. The fourth-order valence-corrected chi connectivity index (χ4v) is 1.88. The van der Waals surface area contributed by atoms with Crippen molar-refractivity contribution in [1.29, 1.82) is 0 Å². The van der Waals surface area contributed by atoms with Gasteiger partial charge in [-0.25, -0.2) is 0 Å². The second-order valence-electron chi connectivity index (χ2n) is 3.88. The second-order valence-corrected chi connectivity index (χ2v) is 3.88. The van der Waals surface area contributed by atoms with E-state index in [4.69, 9.17) is 0 Å². The molecule has 1 aromatic heterocycles. The monoisotopic (exact) mass is 222 g/mol. The molecule has 0 amide bonds. The van der Waals surface area contributed by atoms with Crippen LogP contribution in [0.3, 0.4) is 0 Å². The van der Waals surface area contributed by atoms with Gasteiger partial charge in [-0.3, -0.25) is 0 Å². The maximum Gasteiger partial charge on any atom is 0.363 e. The van der Waals surface area contributed by atoms with Crippen molar-refractivity contribution in [3.05, 3.63) is 28.4 Å². The summed E-state index contributed by atoms with van der Waals surface area (Å²) in [6.07, 6.45) is 1.57. The first-order valence-corrected chi connectivity index (χ1v) is 5.26. The number of anilines is 1. The first-order chi connectivity index (χ1) is 7.68. The zero-order valence-electron chi connectivity index (χ0n) is 9.09. The first-order valence-electron chi connectivity index (χ1n) is 5.26. The van der Waals surface area contributed by atoms with E-state index in [-0.39, 0.29) is 5.82 Å². The molecule has 0 aliphatic carbocycles. The Balaban J connectivity index is 2.17. The van der Waals surface area contributed by atoms with Gasteiger partial charge in [0.25, 0.3) is 0 Å². The largest absolute Gasteiger partial charge is 0.363 e. The van der Waals surface area contributed by atoms with Crippen LogP contribution in [0.4, 0.5) is 11.5 Å². The number of hydrogen-bond acceptors (Lipinski definition) is 5. The molecular weight excluding hydrogens is 208 g/mol. The summed E-state index contributed by atoms with van der Waals surface area (Å²) in [5.74, 6) is -0.105. The first kappa shape index (κ1) is 10.8. The van der Waals surface area contributed by atoms with Crippen molar-refractivity contribution in [2.45, 2.75) is 13.0 Å². The molecular formula is C10H14N4O2. The van der Waals surface area contributed by atoms with Gasteiger partial charge in [-0.15, -0.1) is 0 Å². The lowest BCUT2D eigenvalue weighted by Crippen LogP contribution is -2.49. The third-order valence-electron chi connectivity index (χ3n) is 2.75. The summed E-state index contributed by atoms with van der Waals surface area (Å²) < 4.78 is 0. The van der Waals surface area contributed by atoms with Gasteiger partial charge in [0.15, 0.2) is 6.20 Å². The van der Waals surface area contributed by atoms with Crippen molar-refractivity contribution in [3.63, 3.8) is 0 Å². The van der Waals surface area contributed by atoms with Crippen LogP contribution in [0.2, 0.25) is 0 Å². The molecule has 1 atom stereocenters. The highest BCUT2D eigenvalue weighted by molar-refractivity contribution is 5.47. The van der Waals surface area contributed by atoms with Crippen molar-refractivity contribution in [2.24, 2.45) is 0 Å². The SMILES string of the molecule is CC1CNCCN1c1ccc([N+](=O)[O-])nc1. The lowest BCUT2D eigenvalue weighted by molar-refractivity contribution is -0.389. The Morgan fingerprint density at radius 1 is 1.62 bits per heavy atom. The molecule has 6 heteroatoms. The number of nitro groups is 1. The molecule has 1 N–H and O–H groups in total. The van der Waals surface area contributed by atoms with Gasteiger partial charge in [0.1, 0.15) is 0 Å². The fraction of sp³-hybridized carbons (Fsp3) is 0.500. The molecule has 16 heavy (non-hydrogen) atoms. The number of hydrogen-bond donors (Lipinski definition) is 1. The molecule has 0 spiro atoms. The van der Waals surface area contributed by atoms with E-state index in [0.717, 1.165) is 25.3 Å². The highest BCUT2D eigenvalue weighted by atomic mass is 16.6. The van der Waals surface area contributed by atoms with Crippen LogP contribution in [0, 0.1) is 10.1 Å². The van der Waals surface area contributed by atoms with Gasteiger partial charge in [0.05, 0.1) is 5.69 Å². The summed E-state index contributed by atoms with van der Waals surface area (Å²) in [6, 6.07) is 3.59. The van der Waals surface area contributed by atoms with Crippen LogP contribution in [0.1, 0.15) is 6.92 Å². The van der Waals surface area contributed by atoms with Gasteiger partial charge in [-0.05, 0) is 22.9 Å². The Labute approximate surface area is 93.4 Å². The van der Waals surface area contributed by atoms with Crippen molar-refractivity contribution in [2.75, 3.05) is 24.5 Å². The Bertz CT molecular complexity index is 379. The van der Waals surface area contributed by atoms with Gasteiger partial charge >= 0.3 is 5.82 Å². The van der Waals surface area contributed by atoms with E-state index in [2.05, 4.69) is 22.1 Å². The van der Waals surface area contributed by atoms with Gasteiger partial charge in [0, 0.05) is 31.7 Å². The predicted octanol–water partition coefficient (Wildman–Crippen LogP) is 0.788. The van der Waals surface area contributed by atoms with E-state index >= 15 is 0 Å². The van der Waals surface area contributed by atoms with Crippen molar-refractivity contribution in [3.8, 4) is 0 Å². The second kappa shape index (κ2) is 4.44. The quantitative estimate of drug-likeness (QED) is 0.591. The summed E-state index contributed by atoms with van der Waals surface area (Å²) in [5, 5.41) is 13.8. The maximum atomic E-state index is 10.5. The lowest BCUT2D eigenvalue weighted by Gasteiger charge is -2.34. The number of nitrogens with one attached hydrogen (secondary N) is 1. The normalized spacial score (nSPS) is 20.8. The molecule has 0 bridgehead atoms. The summed E-state index contributed by atoms with van der Waals surface area (Å²) >= 11 is 0. The van der Waals surface area contributed by atoms with Crippen LogP contribution in [-0.4, -0.2) is 35.6 Å². The topological polar surface area (TPSA) is 71.3 Å². The van der Waals surface area contributed by atoms with Crippen LogP contribution in [0.5, 0.6) is 0 Å². The highest BCUT2D eigenvalue weighted by Crippen LogP contribution is 2.19. The van der Waals surface area contributed by atoms with E-state index in [9.17, 15) is 10.1 Å². The van der Waals surface area contributed by atoms with Crippen molar-refractivity contribution in [1.82, 2.24) is 10.3 Å². The molecule has 1 aromatic rings. The molecule has 6 nitrogen and oxygen atoms in total. The predicted molar refractivity (Wildman–Crippen MR) is 60.6 cm³/mol. The van der Waals surface area contributed by atoms with E-state index in [0.29, 0.717) is 6.04 Å². The standard InChI is InChI=1S/C10H14N4O2/c1-8-6-11-4-5-13(8)9-2-3-10(12-7-9)14(15)16/h2-3,7-8,11H,4-6H2,1H3. The van der Waals surface area contributed by atoms with Crippen LogP contribution in [0.25, 0.3) is 0 Å². The molecule has 2 rings (SSSR count). The van der Waals surface area contributed by atoms with Gasteiger partial charge < -0.3 is 20.3 Å². The Morgan fingerprint density at radius 3 is 3.00 bits per heavy atom. The molecule has 86 valence electrons. The molecule has 1 unspecified atom stereocenters. The molecule has 0 saturated carbocycles. The zero-order chi connectivity index (χ0) is 11.5. The summed E-state index contributed by atoms with van der Waals surface area (Å²) in [6.45, 7) is 4.88. The number of nitrogens with zero attached hydrogens (tertiary/aromatic N) is 3. The van der Waals surface area contributed by atoms with Crippen LogP contribution in [-0.2, 0) is 0 Å². The number of pyridine rings is 1. The molecule has 1 fully saturated rings. The third kappa shape index (κ3) is 2.11. The van der Waals surface area contributed by atoms with Crippen LogP contribution in [0.15, 0.2) is 18.3 Å². The third-order valence-corrected chi connectivity index (χ3v) is 2.75. The minimum absolute atomic E-state index is 0.105. The molecule has 1 aliphatic heterocycles. The Morgan fingerprint density at radius 2 is 2.44 bits per heavy atom. The summed E-state index contributed by atoms with van der Waals surface area (Å²) in [5.41, 5.74) is 0.944. The molecule has 1 aliphatic rings. The number of aromatic nitrogens is 1. The minimum Gasteiger partial charge on any atom is -0.363 e. The van der Waals surface area contributed by atoms with Gasteiger partial charge in [-0.2, -0.15) is 0 Å². The number of piperazine rings is 1. The van der Waals surface area contributed by atoms with E-state index < -0.39 is 4.92 Å². The molecule has 0 radical (unpaired) electrons. The summed E-state index contributed by atoms with van der Waals surface area (Å²) in [4.78, 5) is 16.0. The fourth-order valence-electron chi connectivity index (χ4n) is 1.88. The lowest BCUT2D eigenvalue weighted by atomic mass is 10.2. The van der Waals surface area contributed by atoms with Gasteiger partial charge in [0.2, 0.25) is 0 Å². The smallest absolute Gasteiger partial charge is 0.363 e. The Hall–Kier alpha value is -1.69. The average Bonchev–Trinajstić information content (AvgIpc) is 2.30. The van der Waals surface area contributed by atoms with E-state index in [1.807, 2.05) is 0 Å². The van der Waals surface area contributed by atoms with Crippen molar-refractivity contribution >= 4 is 11.5 Å². The van der Waals surface area contributed by atoms with Crippen molar-refractivity contribution < 1.29 is 4.92 Å². The van der Waals surface area contributed by atoms with E-state index in [1.54, 1.807) is 12.3 Å². The maximum absolute atomic E-state index is 10.5. The van der Waals surface area contributed by atoms with Gasteiger partial charge in [-0.1, -0.05) is 0 Å². The number of rotatable bonds is 2. The van der Waals surface area contributed by atoms with Crippen LogP contribution >= 0.6 is 0 Å². The molecule has 1 saturated heterocycles. The average molecular weight is 222 g/mol. The van der Waals surface area contributed by atoms with E-state index in [1.165, 1.54) is 6.07 Å². The summed E-state index contributed by atoms with van der Waals surface area (Å²) in [7, 11) is 0. The molecule has 0 aromatic carbocycles. The molecule has 2 heterocycles. The van der Waals surface area contributed by atoms with Crippen LogP contribution < -0.4 is 10.2 Å². The highest BCUT2D eigenvalue weighted by Gasteiger charge is 2.19. The zero-order valence-corrected chi connectivity index (χ0v) is 9.09.